The van der Waals surface area contributed by atoms with E-state index in [1.54, 1.807) is 6.07 Å². The first kappa shape index (κ1) is 14.8. The molecule has 0 aliphatic carbocycles. The third-order valence-electron chi connectivity index (χ3n) is 3.36. The van der Waals surface area contributed by atoms with Crippen LogP contribution in [0.3, 0.4) is 0 Å². The average Bonchev–Trinajstić information content (AvgIpc) is 3.05. The number of furan rings is 1. The molecule has 0 unspecified atom stereocenters. The zero-order valence-corrected chi connectivity index (χ0v) is 12.4. The van der Waals surface area contributed by atoms with Gasteiger partial charge in [0.15, 0.2) is 0 Å². The summed E-state index contributed by atoms with van der Waals surface area (Å²) in [7, 11) is 1.28. The summed E-state index contributed by atoms with van der Waals surface area (Å²) in [6, 6.07) is 12.5. The Morgan fingerprint density at radius 3 is 2.74 bits per heavy atom. The minimum absolute atomic E-state index is 0.0997. The van der Waals surface area contributed by atoms with Gasteiger partial charge in [0, 0.05) is 6.20 Å². The highest BCUT2D eigenvalue weighted by Crippen LogP contribution is 2.14. The molecule has 1 aromatic carbocycles. The summed E-state index contributed by atoms with van der Waals surface area (Å²) in [5.74, 6) is 0.0157. The van der Waals surface area contributed by atoms with E-state index >= 15 is 0 Å². The highest BCUT2D eigenvalue weighted by atomic mass is 16.5. The summed E-state index contributed by atoms with van der Waals surface area (Å²) < 4.78 is 11.4. The van der Waals surface area contributed by atoms with Crippen molar-refractivity contribution in [2.45, 2.75) is 6.54 Å². The quantitative estimate of drug-likeness (QED) is 0.691. The molecule has 0 fully saturated rings. The van der Waals surface area contributed by atoms with E-state index in [2.05, 4.69) is 9.72 Å². The van der Waals surface area contributed by atoms with Crippen molar-refractivity contribution in [3.63, 3.8) is 0 Å². The van der Waals surface area contributed by atoms with Crippen LogP contribution in [0.25, 0.3) is 11.1 Å². The van der Waals surface area contributed by atoms with Gasteiger partial charge in [0.05, 0.1) is 25.5 Å². The number of esters is 1. The number of rotatable bonds is 4. The van der Waals surface area contributed by atoms with Gasteiger partial charge in [0.25, 0.3) is 5.56 Å². The Morgan fingerprint density at radius 2 is 2.00 bits per heavy atom. The number of nitrogens with zero attached hydrogens (tertiary/aromatic N) is 2. The number of ether oxygens (including phenoxy) is 1. The van der Waals surface area contributed by atoms with Gasteiger partial charge in [-0.05, 0) is 17.7 Å². The van der Waals surface area contributed by atoms with E-state index in [0.717, 1.165) is 5.56 Å². The molecule has 0 aliphatic rings. The van der Waals surface area contributed by atoms with Gasteiger partial charge in [-0.15, -0.1) is 0 Å². The Bertz CT molecular complexity index is 881. The second-order valence-corrected chi connectivity index (χ2v) is 4.86. The van der Waals surface area contributed by atoms with Crippen molar-refractivity contribution in [2.75, 3.05) is 7.11 Å². The molecule has 6 heteroatoms. The standard InChI is InChI=1S/C17H14N2O4/c1-22-17(21)15-8-7-13(23-15)10-19-11-18-9-14(16(19)20)12-5-3-2-4-6-12/h2-9,11H,10H2,1H3. The molecule has 116 valence electrons. The zero-order chi connectivity index (χ0) is 16.2. The first-order valence-corrected chi connectivity index (χ1v) is 6.96. The minimum Gasteiger partial charge on any atom is -0.463 e. The van der Waals surface area contributed by atoms with Crippen molar-refractivity contribution in [3.05, 3.63) is 76.9 Å². The van der Waals surface area contributed by atoms with Crippen LogP contribution in [0.1, 0.15) is 16.3 Å². The highest BCUT2D eigenvalue weighted by molar-refractivity contribution is 5.86. The second kappa shape index (κ2) is 6.31. The van der Waals surface area contributed by atoms with Gasteiger partial charge >= 0.3 is 5.97 Å². The fourth-order valence-corrected chi connectivity index (χ4v) is 2.22. The van der Waals surface area contributed by atoms with Crippen molar-refractivity contribution >= 4 is 5.97 Å². The van der Waals surface area contributed by atoms with E-state index < -0.39 is 5.97 Å². The molecule has 0 bridgehead atoms. The smallest absolute Gasteiger partial charge is 0.373 e. The summed E-state index contributed by atoms with van der Waals surface area (Å²) >= 11 is 0. The lowest BCUT2D eigenvalue weighted by atomic mass is 10.1. The Hall–Kier alpha value is -3.15. The molecular weight excluding hydrogens is 296 g/mol. The van der Waals surface area contributed by atoms with Crippen LogP contribution in [0.2, 0.25) is 0 Å². The van der Waals surface area contributed by atoms with Crippen molar-refractivity contribution in [3.8, 4) is 11.1 Å². The van der Waals surface area contributed by atoms with Gasteiger partial charge in [-0.1, -0.05) is 30.3 Å². The number of carbonyl (C=O) groups is 1. The number of carbonyl (C=O) groups excluding carboxylic acids is 1. The predicted molar refractivity (Wildman–Crippen MR) is 83.1 cm³/mol. The maximum absolute atomic E-state index is 12.6. The molecule has 3 aromatic rings. The van der Waals surface area contributed by atoms with Crippen LogP contribution in [0.4, 0.5) is 0 Å². The summed E-state index contributed by atoms with van der Waals surface area (Å²) in [5.41, 5.74) is 1.13. The summed E-state index contributed by atoms with van der Waals surface area (Å²) in [4.78, 5) is 28.1. The van der Waals surface area contributed by atoms with Crippen LogP contribution in [0.15, 0.2) is 64.2 Å². The lowest BCUT2D eigenvalue weighted by Gasteiger charge is -2.06. The summed E-state index contributed by atoms with van der Waals surface area (Å²) in [6.07, 6.45) is 2.98. The van der Waals surface area contributed by atoms with Gasteiger partial charge in [0.2, 0.25) is 5.76 Å². The normalized spacial score (nSPS) is 10.5. The third-order valence-corrected chi connectivity index (χ3v) is 3.36. The molecule has 2 aromatic heterocycles. The SMILES string of the molecule is COC(=O)c1ccc(Cn2cncc(-c3ccccc3)c2=O)o1. The summed E-state index contributed by atoms with van der Waals surface area (Å²) in [6.45, 7) is 0.184. The van der Waals surface area contributed by atoms with Crippen LogP contribution in [-0.4, -0.2) is 22.6 Å². The van der Waals surface area contributed by atoms with E-state index in [9.17, 15) is 9.59 Å². The number of hydrogen-bond acceptors (Lipinski definition) is 5. The Kier molecular flexibility index (Phi) is 4.05. The Morgan fingerprint density at radius 1 is 1.22 bits per heavy atom. The van der Waals surface area contributed by atoms with Crippen LogP contribution in [-0.2, 0) is 11.3 Å². The molecule has 0 amide bonds. The van der Waals surface area contributed by atoms with E-state index in [0.29, 0.717) is 11.3 Å². The highest BCUT2D eigenvalue weighted by Gasteiger charge is 2.13. The predicted octanol–water partition coefficient (Wildman–Crippen LogP) is 2.34. The van der Waals surface area contributed by atoms with E-state index in [1.165, 1.54) is 30.3 Å². The van der Waals surface area contributed by atoms with Crippen LogP contribution < -0.4 is 5.56 Å². The molecule has 3 rings (SSSR count). The molecule has 0 saturated carbocycles. The van der Waals surface area contributed by atoms with Gasteiger partial charge in [-0.25, -0.2) is 9.78 Å². The first-order valence-electron chi connectivity index (χ1n) is 6.96. The number of aromatic nitrogens is 2. The fraction of sp³-hybridized carbons (Fsp3) is 0.118. The molecule has 0 saturated heterocycles. The van der Waals surface area contributed by atoms with E-state index in [1.807, 2.05) is 30.3 Å². The van der Waals surface area contributed by atoms with Crippen molar-refractivity contribution in [2.24, 2.45) is 0 Å². The fourth-order valence-electron chi connectivity index (χ4n) is 2.22. The van der Waals surface area contributed by atoms with Crippen molar-refractivity contribution < 1.29 is 13.9 Å². The minimum atomic E-state index is -0.556. The average molecular weight is 310 g/mol. The molecule has 0 atom stereocenters. The van der Waals surface area contributed by atoms with Crippen LogP contribution in [0, 0.1) is 0 Å². The van der Waals surface area contributed by atoms with Crippen LogP contribution >= 0.6 is 0 Å². The maximum Gasteiger partial charge on any atom is 0.373 e. The first-order chi connectivity index (χ1) is 11.2. The molecule has 23 heavy (non-hydrogen) atoms. The second-order valence-electron chi connectivity index (χ2n) is 4.86. The van der Waals surface area contributed by atoms with Gasteiger partial charge in [0.1, 0.15) is 5.76 Å². The number of benzene rings is 1. The topological polar surface area (TPSA) is 74.3 Å². The molecule has 6 nitrogen and oxygen atoms in total. The van der Waals surface area contributed by atoms with Crippen molar-refractivity contribution in [1.82, 2.24) is 9.55 Å². The van der Waals surface area contributed by atoms with Gasteiger partial charge in [-0.2, -0.15) is 0 Å². The largest absolute Gasteiger partial charge is 0.463 e. The molecule has 0 spiro atoms. The van der Waals surface area contributed by atoms with E-state index in [4.69, 9.17) is 4.42 Å². The molecule has 2 heterocycles. The summed E-state index contributed by atoms with van der Waals surface area (Å²) in [5, 5.41) is 0. The molecular formula is C17H14N2O4. The van der Waals surface area contributed by atoms with Crippen LogP contribution in [0.5, 0.6) is 0 Å². The lowest BCUT2D eigenvalue weighted by Crippen LogP contribution is -2.22. The zero-order valence-electron chi connectivity index (χ0n) is 12.4. The van der Waals surface area contributed by atoms with Gasteiger partial charge in [-0.3, -0.25) is 9.36 Å². The third kappa shape index (κ3) is 3.06. The molecule has 0 N–H and O–H groups in total. The number of hydrogen-bond donors (Lipinski definition) is 0. The monoisotopic (exact) mass is 310 g/mol. The lowest BCUT2D eigenvalue weighted by molar-refractivity contribution is 0.0563. The van der Waals surface area contributed by atoms with Crippen molar-refractivity contribution in [1.29, 1.82) is 0 Å². The number of methoxy groups -OCH3 is 1. The Balaban J connectivity index is 1.91. The van der Waals surface area contributed by atoms with E-state index in [-0.39, 0.29) is 17.9 Å². The maximum atomic E-state index is 12.6. The Labute approximate surface area is 132 Å². The van der Waals surface area contributed by atoms with Gasteiger partial charge < -0.3 is 9.15 Å². The molecule has 0 aliphatic heterocycles. The molecule has 0 radical (unpaired) electrons.